The predicted molar refractivity (Wildman–Crippen MR) is 78.6 cm³/mol. The van der Waals surface area contributed by atoms with Gasteiger partial charge in [-0.1, -0.05) is 0 Å². The third-order valence-corrected chi connectivity index (χ3v) is 5.42. The van der Waals surface area contributed by atoms with Crippen molar-refractivity contribution in [3.63, 3.8) is 0 Å². The third-order valence-electron chi connectivity index (χ3n) is 2.69. The quantitative estimate of drug-likeness (QED) is 0.756. The molecule has 110 valence electrons. The number of thiophene rings is 1. The SMILES string of the molecule is Cc1ccc(CC(C)NS(=O)(=O)N(C)CCCO)s1. The van der Waals surface area contributed by atoms with Crippen molar-refractivity contribution in [2.75, 3.05) is 20.2 Å². The summed E-state index contributed by atoms with van der Waals surface area (Å²) in [5, 5.41) is 8.72. The molecule has 0 saturated carbocycles. The van der Waals surface area contributed by atoms with Crippen LogP contribution in [-0.4, -0.2) is 44.1 Å². The van der Waals surface area contributed by atoms with Gasteiger partial charge in [0.25, 0.3) is 10.2 Å². The molecule has 0 aliphatic carbocycles. The number of aliphatic hydroxyl groups is 1. The summed E-state index contributed by atoms with van der Waals surface area (Å²) in [6, 6.07) is 3.91. The molecule has 1 unspecified atom stereocenters. The maximum atomic E-state index is 12.0. The Kier molecular flexibility index (Phi) is 6.41. The zero-order valence-corrected chi connectivity index (χ0v) is 13.2. The van der Waals surface area contributed by atoms with Crippen LogP contribution in [-0.2, 0) is 16.6 Å². The van der Waals surface area contributed by atoms with Crippen LogP contribution in [0.25, 0.3) is 0 Å². The van der Waals surface area contributed by atoms with Gasteiger partial charge in [-0.05, 0) is 38.8 Å². The minimum absolute atomic E-state index is 0.0100. The standard InChI is InChI=1S/C12H22N2O3S2/c1-10(9-12-6-5-11(2)18-12)13-19(16,17)14(3)7-4-8-15/h5-6,10,13,15H,4,7-9H2,1-3H3. The first-order valence-electron chi connectivity index (χ1n) is 6.25. The monoisotopic (exact) mass is 306 g/mol. The summed E-state index contributed by atoms with van der Waals surface area (Å²) in [5.41, 5.74) is 0. The summed E-state index contributed by atoms with van der Waals surface area (Å²) >= 11 is 1.68. The fourth-order valence-corrected chi connectivity index (χ4v) is 3.86. The highest BCUT2D eigenvalue weighted by Gasteiger charge is 2.20. The highest BCUT2D eigenvalue weighted by atomic mass is 32.2. The van der Waals surface area contributed by atoms with Crippen molar-refractivity contribution in [2.24, 2.45) is 0 Å². The first-order valence-corrected chi connectivity index (χ1v) is 8.50. The Labute approximate surface area is 119 Å². The minimum Gasteiger partial charge on any atom is -0.396 e. The van der Waals surface area contributed by atoms with Crippen molar-refractivity contribution in [1.82, 2.24) is 9.03 Å². The van der Waals surface area contributed by atoms with Gasteiger partial charge < -0.3 is 5.11 Å². The molecule has 1 rings (SSSR count). The van der Waals surface area contributed by atoms with E-state index >= 15 is 0 Å². The van der Waals surface area contributed by atoms with Gasteiger partial charge in [-0.2, -0.15) is 17.4 Å². The van der Waals surface area contributed by atoms with Crippen LogP contribution < -0.4 is 4.72 Å². The van der Waals surface area contributed by atoms with E-state index in [4.69, 9.17) is 5.11 Å². The van der Waals surface area contributed by atoms with E-state index in [2.05, 4.69) is 4.72 Å². The van der Waals surface area contributed by atoms with Gasteiger partial charge in [0.15, 0.2) is 0 Å². The molecule has 0 amide bonds. The van der Waals surface area contributed by atoms with Crippen LogP contribution in [0.1, 0.15) is 23.1 Å². The number of aryl methyl sites for hydroxylation is 1. The first-order chi connectivity index (χ1) is 8.85. The van der Waals surface area contributed by atoms with E-state index in [0.717, 1.165) is 0 Å². The normalized spacial score (nSPS) is 13.9. The van der Waals surface area contributed by atoms with Crippen molar-refractivity contribution < 1.29 is 13.5 Å². The molecule has 0 aliphatic rings. The molecule has 0 fully saturated rings. The molecule has 0 bridgehead atoms. The van der Waals surface area contributed by atoms with Crippen LogP contribution in [0, 0.1) is 6.92 Å². The molecule has 0 aliphatic heterocycles. The van der Waals surface area contributed by atoms with Crippen LogP contribution in [0.2, 0.25) is 0 Å². The topological polar surface area (TPSA) is 69.6 Å². The van der Waals surface area contributed by atoms with Crippen molar-refractivity contribution >= 4 is 21.5 Å². The molecule has 1 heterocycles. The molecule has 7 heteroatoms. The summed E-state index contributed by atoms with van der Waals surface area (Å²) in [6.45, 7) is 4.19. The molecule has 1 atom stereocenters. The Morgan fingerprint density at radius 1 is 1.47 bits per heavy atom. The lowest BCUT2D eigenvalue weighted by Crippen LogP contribution is -2.43. The zero-order chi connectivity index (χ0) is 14.5. The van der Waals surface area contributed by atoms with Crippen molar-refractivity contribution in [1.29, 1.82) is 0 Å². The molecule has 1 aromatic rings. The molecule has 0 spiro atoms. The predicted octanol–water partition coefficient (Wildman–Crippen LogP) is 1.14. The molecule has 19 heavy (non-hydrogen) atoms. The average Bonchev–Trinajstić information content (AvgIpc) is 2.70. The molecular formula is C12H22N2O3S2. The van der Waals surface area contributed by atoms with Crippen LogP contribution >= 0.6 is 11.3 Å². The van der Waals surface area contributed by atoms with Gasteiger partial charge in [-0.3, -0.25) is 0 Å². The van der Waals surface area contributed by atoms with E-state index in [0.29, 0.717) is 19.4 Å². The van der Waals surface area contributed by atoms with E-state index in [1.54, 1.807) is 11.3 Å². The second-order valence-corrected chi connectivity index (χ2v) is 7.82. The summed E-state index contributed by atoms with van der Waals surface area (Å²) in [5.74, 6) is 0. The second kappa shape index (κ2) is 7.35. The molecule has 0 saturated heterocycles. The summed E-state index contributed by atoms with van der Waals surface area (Å²) < 4.78 is 27.8. The molecule has 2 N–H and O–H groups in total. The zero-order valence-electron chi connectivity index (χ0n) is 11.6. The fraction of sp³-hybridized carbons (Fsp3) is 0.667. The number of nitrogens with one attached hydrogen (secondary N) is 1. The van der Waals surface area contributed by atoms with Crippen LogP contribution in [0.15, 0.2) is 12.1 Å². The van der Waals surface area contributed by atoms with Crippen molar-refractivity contribution in [3.8, 4) is 0 Å². The van der Waals surface area contributed by atoms with Crippen LogP contribution in [0.4, 0.5) is 0 Å². The van der Waals surface area contributed by atoms with Gasteiger partial charge in [0, 0.05) is 36.0 Å². The number of nitrogens with zero attached hydrogens (tertiary/aromatic N) is 1. The van der Waals surface area contributed by atoms with E-state index in [1.807, 2.05) is 26.0 Å². The number of hydrogen-bond acceptors (Lipinski definition) is 4. The Morgan fingerprint density at radius 2 is 2.16 bits per heavy atom. The largest absolute Gasteiger partial charge is 0.396 e. The number of hydrogen-bond donors (Lipinski definition) is 2. The Balaban J connectivity index is 2.52. The Bertz CT molecular complexity index is 485. The first kappa shape index (κ1) is 16.6. The van der Waals surface area contributed by atoms with Gasteiger partial charge in [0.05, 0.1) is 0 Å². The van der Waals surface area contributed by atoms with E-state index in [9.17, 15) is 8.42 Å². The minimum atomic E-state index is -3.47. The van der Waals surface area contributed by atoms with Gasteiger partial charge in [0.2, 0.25) is 0 Å². The Hall–Kier alpha value is -0.470. The molecule has 0 aromatic carbocycles. The van der Waals surface area contributed by atoms with Gasteiger partial charge in [-0.25, -0.2) is 0 Å². The van der Waals surface area contributed by atoms with Gasteiger partial charge >= 0.3 is 0 Å². The number of rotatable bonds is 8. The van der Waals surface area contributed by atoms with E-state index < -0.39 is 10.2 Å². The smallest absolute Gasteiger partial charge is 0.279 e. The fourth-order valence-electron chi connectivity index (χ4n) is 1.70. The molecular weight excluding hydrogens is 284 g/mol. The van der Waals surface area contributed by atoms with Crippen molar-refractivity contribution in [2.45, 2.75) is 32.7 Å². The average molecular weight is 306 g/mol. The molecule has 1 aromatic heterocycles. The number of aliphatic hydroxyl groups excluding tert-OH is 1. The maximum absolute atomic E-state index is 12.0. The lowest BCUT2D eigenvalue weighted by atomic mass is 10.2. The van der Waals surface area contributed by atoms with Gasteiger partial charge in [-0.15, -0.1) is 11.3 Å². The highest BCUT2D eigenvalue weighted by molar-refractivity contribution is 7.87. The lowest BCUT2D eigenvalue weighted by Gasteiger charge is -2.20. The van der Waals surface area contributed by atoms with Crippen molar-refractivity contribution in [3.05, 3.63) is 21.9 Å². The highest BCUT2D eigenvalue weighted by Crippen LogP contribution is 2.17. The summed E-state index contributed by atoms with van der Waals surface area (Å²) in [7, 11) is -1.95. The Morgan fingerprint density at radius 3 is 2.68 bits per heavy atom. The van der Waals surface area contributed by atoms with E-state index in [-0.39, 0.29) is 12.6 Å². The third kappa shape index (κ3) is 5.58. The van der Waals surface area contributed by atoms with Crippen LogP contribution in [0.5, 0.6) is 0 Å². The molecule has 5 nitrogen and oxygen atoms in total. The van der Waals surface area contributed by atoms with Gasteiger partial charge in [0.1, 0.15) is 0 Å². The van der Waals surface area contributed by atoms with Crippen LogP contribution in [0.3, 0.4) is 0 Å². The summed E-state index contributed by atoms with van der Waals surface area (Å²) in [4.78, 5) is 2.40. The van der Waals surface area contributed by atoms with E-state index in [1.165, 1.54) is 21.1 Å². The maximum Gasteiger partial charge on any atom is 0.279 e. The molecule has 0 radical (unpaired) electrons. The lowest BCUT2D eigenvalue weighted by molar-refractivity contribution is 0.275. The summed E-state index contributed by atoms with van der Waals surface area (Å²) in [6.07, 6.45) is 1.13. The second-order valence-electron chi connectivity index (χ2n) is 4.64.